The lowest BCUT2D eigenvalue weighted by atomic mass is 10.1. The monoisotopic (exact) mass is 554 g/mol. The van der Waals surface area contributed by atoms with Gasteiger partial charge in [0.1, 0.15) is 19.0 Å². The Morgan fingerprint density at radius 3 is 2.08 bits per heavy atom. The number of aromatic nitrogens is 2. The molecular weight excluding hydrogens is 512 g/mol. The number of benzene rings is 1. The summed E-state index contributed by atoms with van der Waals surface area (Å²) in [6, 6.07) is 8.22. The molecule has 0 amide bonds. The second-order valence-electron chi connectivity index (χ2n) is 8.89. The number of rotatable bonds is 17. The summed E-state index contributed by atoms with van der Waals surface area (Å²) < 4.78 is 47.9. The smallest absolute Gasteiger partial charge is 0.364 e. The maximum absolute atomic E-state index is 12.5. The van der Waals surface area contributed by atoms with Crippen LogP contribution in [0.5, 0.6) is 0 Å². The average molecular weight is 555 g/mol. The number of unbranched alkanes of at least 4 members (excludes halogenated alkanes) is 7. The standard InChI is InChI=1S/C19H25N2O4.C8H18O4S/c1-3-4-8-13-24-18(22)17(21-12-11-20(2)15-21)19(23)25-14-16-9-6-5-7-10-16;1-2-3-4-5-6-7-8-12-13(9,10)11/h5-7,9-12,15,17H,3-4,8,13-14H2,1-2H3;2-8H2,1H3,(H,9,10,11)/q+1;/p-1/t17-;/m0./s1. The summed E-state index contributed by atoms with van der Waals surface area (Å²) in [5.41, 5.74) is 0.865. The molecule has 214 valence electrons. The van der Waals surface area contributed by atoms with E-state index in [1.54, 1.807) is 23.3 Å². The highest BCUT2D eigenvalue weighted by Crippen LogP contribution is 2.13. The van der Waals surface area contributed by atoms with Gasteiger partial charge in [0.15, 0.2) is 0 Å². The largest absolute Gasteiger partial charge is 0.726 e. The Balaban J connectivity index is 0.000000471. The maximum atomic E-state index is 12.5. The van der Waals surface area contributed by atoms with E-state index in [9.17, 15) is 22.6 Å². The molecule has 0 saturated carbocycles. The third-order valence-corrected chi connectivity index (χ3v) is 5.93. The van der Waals surface area contributed by atoms with Crippen LogP contribution in [0.2, 0.25) is 0 Å². The van der Waals surface area contributed by atoms with Crippen LogP contribution >= 0.6 is 0 Å². The van der Waals surface area contributed by atoms with E-state index in [0.717, 1.165) is 37.7 Å². The molecule has 0 N–H and O–H groups in total. The zero-order valence-electron chi connectivity index (χ0n) is 22.8. The topological polar surface area (TPSA) is 128 Å². The van der Waals surface area contributed by atoms with E-state index in [1.807, 2.05) is 37.4 Å². The number of hydrogen-bond donors (Lipinski definition) is 0. The van der Waals surface area contributed by atoms with E-state index in [4.69, 9.17) is 9.47 Å². The molecule has 1 aromatic carbocycles. The first-order valence-electron chi connectivity index (χ1n) is 13.2. The Kier molecular flexibility index (Phi) is 16.9. The first-order chi connectivity index (χ1) is 18.2. The Labute approximate surface area is 226 Å². The molecule has 0 aliphatic carbocycles. The molecule has 0 aliphatic rings. The van der Waals surface area contributed by atoms with Gasteiger partial charge in [0, 0.05) is 0 Å². The average Bonchev–Trinajstić information content (AvgIpc) is 3.31. The highest BCUT2D eigenvalue weighted by molar-refractivity contribution is 7.80. The minimum atomic E-state index is -4.47. The van der Waals surface area contributed by atoms with Crippen LogP contribution in [0.25, 0.3) is 0 Å². The van der Waals surface area contributed by atoms with Gasteiger partial charge in [0.25, 0.3) is 6.04 Å². The van der Waals surface area contributed by atoms with Crippen LogP contribution in [0, 0.1) is 0 Å². The predicted molar refractivity (Wildman–Crippen MR) is 140 cm³/mol. The molecular formula is C27H42N2O8S. The molecule has 0 unspecified atom stereocenters. The SMILES string of the molecule is CCCCCCCCOS(=O)(=O)[O-].CCCCCOC(=O)[C@@H](C(=O)OCc1ccccc1)n1cc[n+](C)c1. The first kappa shape index (κ1) is 33.3. The minimum absolute atomic E-state index is 0.0258. The van der Waals surface area contributed by atoms with Crippen LogP contribution in [0.4, 0.5) is 0 Å². The summed E-state index contributed by atoms with van der Waals surface area (Å²) in [4.78, 5) is 24.9. The quantitative estimate of drug-likeness (QED) is 0.0712. The lowest BCUT2D eigenvalue weighted by Crippen LogP contribution is -2.32. The molecule has 1 heterocycles. The van der Waals surface area contributed by atoms with E-state index >= 15 is 0 Å². The minimum Gasteiger partial charge on any atom is -0.726 e. The van der Waals surface area contributed by atoms with Gasteiger partial charge in [-0.05, 0) is 18.4 Å². The van der Waals surface area contributed by atoms with Gasteiger partial charge in [-0.3, -0.25) is 4.18 Å². The van der Waals surface area contributed by atoms with Crippen LogP contribution in [0.15, 0.2) is 49.1 Å². The molecule has 10 nitrogen and oxygen atoms in total. The summed E-state index contributed by atoms with van der Waals surface area (Å²) >= 11 is 0. The van der Waals surface area contributed by atoms with E-state index in [2.05, 4.69) is 18.0 Å². The lowest BCUT2D eigenvalue weighted by Gasteiger charge is -2.13. The van der Waals surface area contributed by atoms with Gasteiger partial charge in [0.2, 0.25) is 16.7 Å². The summed E-state index contributed by atoms with van der Waals surface area (Å²) in [5, 5.41) is 0. The Morgan fingerprint density at radius 2 is 1.47 bits per heavy atom. The zero-order valence-corrected chi connectivity index (χ0v) is 23.6. The van der Waals surface area contributed by atoms with Crippen molar-refractivity contribution >= 4 is 22.3 Å². The molecule has 2 aromatic rings. The summed E-state index contributed by atoms with van der Waals surface area (Å²) in [6.45, 7) is 4.66. The number of aryl methyl sites for hydroxylation is 1. The van der Waals surface area contributed by atoms with Crippen molar-refractivity contribution in [2.45, 2.75) is 84.3 Å². The third kappa shape index (κ3) is 15.5. The molecule has 0 saturated heterocycles. The molecule has 2 rings (SSSR count). The van der Waals surface area contributed by atoms with Gasteiger partial charge in [-0.2, -0.15) is 0 Å². The van der Waals surface area contributed by atoms with Crippen LogP contribution in [-0.4, -0.2) is 42.7 Å². The number of carbonyl (C=O) groups excluding carboxylic acids is 2. The third-order valence-electron chi connectivity index (χ3n) is 5.48. The van der Waals surface area contributed by atoms with Gasteiger partial charge in [-0.15, -0.1) is 0 Å². The van der Waals surface area contributed by atoms with Crippen LogP contribution in [0.3, 0.4) is 0 Å². The van der Waals surface area contributed by atoms with Crippen molar-refractivity contribution in [2.75, 3.05) is 13.2 Å². The summed E-state index contributed by atoms with van der Waals surface area (Å²) in [7, 11) is -2.66. The Hall–Kier alpha value is -2.76. The molecule has 11 heteroatoms. The normalized spacial score (nSPS) is 11.8. The van der Waals surface area contributed by atoms with Crippen molar-refractivity contribution in [1.82, 2.24) is 4.57 Å². The summed E-state index contributed by atoms with van der Waals surface area (Å²) in [5.74, 6) is -1.22. The van der Waals surface area contributed by atoms with Crippen LogP contribution in [0.1, 0.15) is 83.2 Å². The van der Waals surface area contributed by atoms with Gasteiger partial charge in [-0.25, -0.2) is 27.1 Å². The van der Waals surface area contributed by atoms with E-state index in [0.29, 0.717) is 13.0 Å². The van der Waals surface area contributed by atoms with E-state index < -0.39 is 28.4 Å². The van der Waals surface area contributed by atoms with Crippen molar-refractivity contribution in [2.24, 2.45) is 7.05 Å². The Morgan fingerprint density at radius 1 is 0.895 bits per heavy atom. The molecule has 0 aliphatic heterocycles. The molecule has 1 atom stereocenters. The zero-order chi connectivity index (χ0) is 28.2. The fourth-order valence-electron chi connectivity index (χ4n) is 3.42. The lowest BCUT2D eigenvalue weighted by molar-refractivity contribution is -0.671. The summed E-state index contributed by atoms with van der Waals surface area (Å²) in [6.07, 6.45) is 14.1. The number of carbonyl (C=O) groups is 2. The van der Waals surface area contributed by atoms with Gasteiger partial charge < -0.3 is 14.0 Å². The van der Waals surface area contributed by atoms with Crippen LogP contribution < -0.4 is 4.57 Å². The van der Waals surface area contributed by atoms with E-state index in [1.165, 1.54) is 23.8 Å². The molecule has 38 heavy (non-hydrogen) atoms. The molecule has 0 radical (unpaired) electrons. The molecule has 1 aromatic heterocycles. The fraction of sp³-hybridized carbons (Fsp3) is 0.593. The van der Waals surface area contributed by atoms with Crippen molar-refractivity contribution in [3.63, 3.8) is 0 Å². The Bertz CT molecular complexity index is 1020. The van der Waals surface area contributed by atoms with Crippen molar-refractivity contribution in [1.29, 1.82) is 0 Å². The van der Waals surface area contributed by atoms with Gasteiger partial charge in [-0.1, -0.05) is 89.1 Å². The fourth-order valence-corrected chi connectivity index (χ4v) is 3.74. The number of esters is 2. The highest BCUT2D eigenvalue weighted by Gasteiger charge is 2.36. The van der Waals surface area contributed by atoms with Gasteiger partial charge >= 0.3 is 11.9 Å². The highest BCUT2D eigenvalue weighted by atomic mass is 32.3. The second kappa shape index (κ2) is 19.3. The number of nitrogens with zero attached hydrogens (tertiary/aromatic N) is 2. The number of hydrogen-bond acceptors (Lipinski definition) is 8. The molecule has 0 fully saturated rings. The predicted octanol–water partition coefficient (Wildman–Crippen LogP) is 4.15. The van der Waals surface area contributed by atoms with Crippen molar-refractivity contribution in [3.8, 4) is 0 Å². The van der Waals surface area contributed by atoms with Crippen LogP contribution in [-0.2, 0) is 47.3 Å². The number of ether oxygens (including phenoxy) is 2. The van der Waals surface area contributed by atoms with Crippen molar-refractivity contribution in [3.05, 3.63) is 54.6 Å². The second-order valence-corrected chi connectivity index (χ2v) is 9.95. The molecule has 0 spiro atoms. The van der Waals surface area contributed by atoms with Gasteiger partial charge in [0.05, 0.1) is 20.3 Å². The maximum Gasteiger partial charge on any atom is 0.364 e. The van der Waals surface area contributed by atoms with Crippen molar-refractivity contribution < 1.29 is 40.8 Å². The van der Waals surface area contributed by atoms with E-state index in [-0.39, 0.29) is 13.2 Å². The first-order valence-corrected chi connectivity index (χ1v) is 14.5. The molecule has 0 bridgehead atoms. The number of imidazole rings is 1.